The summed E-state index contributed by atoms with van der Waals surface area (Å²) in [5.41, 5.74) is -0.278. The lowest BCUT2D eigenvalue weighted by molar-refractivity contribution is -0.0147. The first-order valence-electron chi connectivity index (χ1n) is 3.43. The van der Waals surface area contributed by atoms with Crippen molar-refractivity contribution in [2.24, 2.45) is 0 Å². The first kappa shape index (κ1) is 7.96. The van der Waals surface area contributed by atoms with Crippen LogP contribution < -0.4 is 0 Å². The Morgan fingerprint density at radius 2 is 1.50 bits per heavy atom. The Labute approximate surface area is 51.7 Å². The van der Waals surface area contributed by atoms with E-state index in [0.29, 0.717) is 0 Å². The van der Waals surface area contributed by atoms with Crippen LogP contribution in [0.1, 0.15) is 40.0 Å². The Morgan fingerprint density at radius 3 is 1.50 bits per heavy atom. The van der Waals surface area contributed by atoms with E-state index in [9.17, 15) is 0 Å². The average Bonchev–Trinajstić information content (AvgIpc) is 1.69. The molecule has 1 nitrogen and oxygen atoms in total. The van der Waals surface area contributed by atoms with Gasteiger partial charge < -0.3 is 5.11 Å². The van der Waals surface area contributed by atoms with E-state index >= 15 is 0 Å². The van der Waals surface area contributed by atoms with Crippen LogP contribution in [0, 0.1) is 0 Å². The van der Waals surface area contributed by atoms with Gasteiger partial charge in [0.15, 0.2) is 0 Å². The number of rotatable bonds is 0. The van der Waals surface area contributed by atoms with E-state index in [4.69, 9.17) is 5.11 Å². The van der Waals surface area contributed by atoms with Crippen molar-refractivity contribution < 1.29 is 5.11 Å². The average molecular weight is 116 g/mol. The molecule has 8 heavy (non-hydrogen) atoms. The van der Waals surface area contributed by atoms with E-state index in [-0.39, 0.29) is 5.60 Å². The Morgan fingerprint density at radius 1 is 1.25 bits per heavy atom. The Kier molecular flexibility index (Phi) is 3.06. The molecular formula is C7H16O. The predicted octanol–water partition coefficient (Wildman–Crippen LogP) is 1.95. The van der Waals surface area contributed by atoms with Crippen molar-refractivity contribution in [3.05, 3.63) is 0 Å². The number of hydrogen-bond donors (Lipinski definition) is 1. The summed E-state index contributed by atoms with van der Waals surface area (Å²) in [5.74, 6) is 0. The molecule has 0 aromatic heterocycles. The molecular weight excluding hydrogens is 100 g/mol. The first-order chi connectivity index (χ1) is 3.71. The highest BCUT2D eigenvalue weighted by Gasteiger charge is 2.27. The topological polar surface area (TPSA) is 20.2 Å². The summed E-state index contributed by atoms with van der Waals surface area (Å²) in [6.07, 6.45) is 3.23. The van der Waals surface area contributed by atoms with Crippen LogP contribution in [-0.2, 0) is 0 Å². The van der Waals surface area contributed by atoms with Crippen molar-refractivity contribution in [1.82, 2.24) is 0 Å². The fraction of sp³-hybridized carbons (Fsp3) is 1.00. The number of hydrogen-bond acceptors (Lipinski definition) is 1. The minimum atomic E-state index is -0.278. The van der Waals surface area contributed by atoms with Crippen LogP contribution in [0.4, 0.5) is 0 Å². The maximum atomic E-state index is 8.91. The summed E-state index contributed by atoms with van der Waals surface area (Å²) >= 11 is 0. The van der Waals surface area contributed by atoms with Crippen LogP contribution in [-0.4, -0.2) is 10.7 Å². The molecule has 50 valence electrons. The second kappa shape index (κ2) is 3.08. The lowest BCUT2D eigenvalue weighted by Crippen LogP contribution is -2.32. The quantitative estimate of drug-likeness (QED) is 0.513. The maximum absolute atomic E-state index is 8.91. The van der Waals surface area contributed by atoms with Gasteiger partial charge in [-0.05, 0) is 26.2 Å². The summed E-state index contributed by atoms with van der Waals surface area (Å²) in [6.45, 7) is 5.89. The summed E-state index contributed by atoms with van der Waals surface area (Å²) in [5, 5.41) is 8.91. The normalized spacial score (nSPS) is 22.5. The van der Waals surface area contributed by atoms with Gasteiger partial charge in [-0.25, -0.2) is 0 Å². The molecule has 1 N–H and O–H groups in total. The third-order valence-electron chi connectivity index (χ3n) is 1.43. The van der Waals surface area contributed by atoms with Gasteiger partial charge in [-0.1, -0.05) is 13.8 Å². The summed E-state index contributed by atoms with van der Waals surface area (Å²) in [6, 6.07) is 0. The molecule has 1 heteroatoms. The zero-order chi connectivity index (χ0) is 6.62. The van der Waals surface area contributed by atoms with Crippen molar-refractivity contribution in [2.75, 3.05) is 0 Å². The van der Waals surface area contributed by atoms with E-state index in [0.717, 1.165) is 12.8 Å². The minimum absolute atomic E-state index is 0.278. The van der Waals surface area contributed by atoms with Gasteiger partial charge in [-0.2, -0.15) is 0 Å². The van der Waals surface area contributed by atoms with E-state index < -0.39 is 0 Å². The fourth-order valence-corrected chi connectivity index (χ4v) is 0.688. The molecule has 0 amide bonds. The standard InChI is InChI=1S/C5H10O.C2H6/c1-5(6)3-2-4-5;1-2/h6H,2-4H2,1H3;1-2H3. The summed E-state index contributed by atoms with van der Waals surface area (Å²) < 4.78 is 0. The highest BCUT2D eigenvalue weighted by atomic mass is 16.3. The fourth-order valence-electron chi connectivity index (χ4n) is 0.688. The molecule has 0 radical (unpaired) electrons. The van der Waals surface area contributed by atoms with Crippen LogP contribution >= 0.6 is 0 Å². The molecule has 0 spiro atoms. The van der Waals surface area contributed by atoms with Crippen molar-refractivity contribution in [2.45, 2.75) is 45.6 Å². The molecule has 1 saturated carbocycles. The molecule has 0 aliphatic heterocycles. The van der Waals surface area contributed by atoms with Gasteiger partial charge in [0.05, 0.1) is 5.60 Å². The third-order valence-corrected chi connectivity index (χ3v) is 1.43. The van der Waals surface area contributed by atoms with Gasteiger partial charge in [0.25, 0.3) is 0 Å². The van der Waals surface area contributed by atoms with E-state index in [1.165, 1.54) is 6.42 Å². The van der Waals surface area contributed by atoms with Crippen LogP contribution in [0.2, 0.25) is 0 Å². The Hall–Kier alpha value is -0.0400. The van der Waals surface area contributed by atoms with E-state index in [2.05, 4.69) is 0 Å². The number of aliphatic hydroxyl groups is 1. The van der Waals surface area contributed by atoms with Crippen LogP contribution in [0.25, 0.3) is 0 Å². The zero-order valence-corrected chi connectivity index (χ0v) is 6.07. The largest absolute Gasteiger partial charge is 0.390 e. The van der Waals surface area contributed by atoms with Crippen molar-refractivity contribution in [3.63, 3.8) is 0 Å². The molecule has 0 aromatic carbocycles. The molecule has 1 aliphatic carbocycles. The molecule has 1 aliphatic rings. The molecule has 0 bridgehead atoms. The SMILES string of the molecule is CC.CC1(O)CCC1. The smallest absolute Gasteiger partial charge is 0.0619 e. The molecule has 0 unspecified atom stereocenters. The van der Waals surface area contributed by atoms with Gasteiger partial charge in [-0.15, -0.1) is 0 Å². The molecule has 1 rings (SSSR count). The van der Waals surface area contributed by atoms with Gasteiger partial charge in [-0.3, -0.25) is 0 Å². The second-order valence-electron chi connectivity index (χ2n) is 2.35. The van der Waals surface area contributed by atoms with Gasteiger partial charge in [0, 0.05) is 0 Å². The van der Waals surface area contributed by atoms with Crippen molar-refractivity contribution >= 4 is 0 Å². The maximum Gasteiger partial charge on any atom is 0.0619 e. The van der Waals surface area contributed by atoms with Crippen LogP contribution in [0.15, 0.2) is 0 Å². The van der Waals surface area contributed by atoms with Gasteiger partial charge >= 0.3 is 0 Å². The Bertz CT molecular complexity index is 51.4. The molecule has 1 fully saturated rings. The molecule has 0 saturated heterocycles. The van der Waals surface area contributed by atoms with Crippen LogP contribution in [0.3, 0.4) is 0 Å². The monoisotopic (exact) mass is 116 g/mol. The van der Waals surface area contributed by atoms with Gasteiger partial charge in [0.1, 0.15) is 0 Å². The third kappa shape index (κ3) is 2.31. The minimum Gasteiger partial charge on any atom is -0.390 e. The predicted molar refractivity (Wildman–Crippen MR) is 35.8 cm³/mol. The lowest BCUT2D eigenvalue weighted by atomic mass is 9.82. The first-order valence-corrected chi connectivity index (χ1v) is 3.43. The van der Waals surface area contributed by atoms with E-state index in [1.807, 2.05) is 20.8 Å². The molecule has 0 heterocycles. The Balaban J connectivity index is 0.000000222. The van der Waals surface area contributed by atoms with Crippen molar-refractivity contribution in [3.8, 4) is 0 Å². The second-order valence-corrected chi connectivity index (χ2v) is 2.35. The summed E-state index contributed by atoms with van der Waals surface area (Å²) in [7, 11) is 0. The van der Waals surface area contributed by atoms with Crippen molar-refractivity contribution in [1.29, 1.82) is 0 Å². The van der Waals surface area contributed by atoms with Gasteiger partial charge in [0.2, 0.25) is 0 Å². The highest BCUT2D eigenvalue weighted by Crippen LogP contribution is 2.29. The van der Waals surface area contributed by atoms with E-state index in [1.54, 1.807) is 0 Å². The molecule has 0 atom stereocenters. The zero-order valence-electron chi connectivity index (χ0n) is 6.07. The highest BCUT2D eigenvalue weighted by molar-refractivity contribution is 4.81. The lowest BCUT2D eigenvalue weighted by Gasteiger charge is -2.31. The molecule has 0 aromatic rings. The van der Waals surface area contributed by atoms with Crippen LogP contribution in [0.5, 0.6) is 0 Å². The summed E-state index contributed by atoms with van der Waals surface area (Å²) in [4.78, 5) is 0.